The summed E-state index contributed by atoms with van der Waals surface area (Å²) in [6, 6.07) is 29.6. The summed E-state index contributed by atoms with van der Waals surface area (Å²) >= 11 is 1.72. The number of hydrogen-bond donors (Lipinski definition) is 0. The van der Waals surface area contributed by atoms with Gasteiger partial charge in [0.15, 0.2) is 0 Å². The molecule has 0 fully saturated rings. The molecule has 4 rings (SSSR count). The zero-order chi connectivity index (χ0) is 26.7. The molecule has 0 spiro atoms. The SMILES string of the molecule is C[Si](C)(C)[N-]c1ccccc1[N-][Si](C)(C)C.[Mo]=[N]c1ccccc1.c1ccncc1.c1ccncc1. The Balaban J connectivity index is 0.000000267. The number of hydrogen-bond acceptors (Lipinski definition) is 3. The number of rotatable bonds is 5. The maximum atomic E-state index is 4.84. The molecular formula is C28H37MoN5Si2-2. The molecular weight excluding hydrogens is 558 g/mol. The van der Waals surface area contributed by atoms with Crippen LogP contribution in [0.1, 0.15) is 0 Å². The van der Waals surface area contributed by atoms with Gasteiger partial charge in [0.05, 0.1) is 0 Å². The van der Waals surface area contributed by atoms with Crippen molar-refractivity contribution in [2.24, 2.45) is 3.50 Å². The molecule has 4 aromatic rings. The van der Waals surface area contributed by atoms with E-state index in [0.717, 1.165) is 17.1 Å². The van der Waals surface area contributed by atoms with Gasteiger partial charge in [-0.15, -0.1) is 0 Å². The van der Waals surface area contributed by atoms with Crippen molar-refractivity contribution in [2.75, 3.05) is 0 Å². The molecule has 5 nitrogen and oxygen atoms in total. The van der Waals surface area contributed by atoms with Crippen molar-refractivity contribution in [3.05, 3.63) is 126 Å². The van der Waals surface area contributed by atoms with Gasteiger partial charge in [0.2, 0.25) is 0 Å². The number of nitrogens with zero attached hydrogens (tertiary/aromatic N) is 5. The molecule has 0 radical (unpaired) electrons. The van der Waals surface area contributed by atoms with Crippen LogP contribution in [0.4, 0.5) is 17.1 Å². The van der Waals surface area contributed by atoms with Crippen LogP contribution in [0.5, 0.6) is 0 Å². The van der Waals surface area contributed by atoms with E-state index in [2.05, 4.69) is 64.9 Å². The second-order valence-corrected chi connectivity index (χ2v) is 19.1. The Morgan fingerprint density at radius 1 is 0.528 bits per heavy atom. The van der Waals surface area contributed by atoms with Crippen LogP contribution in [0, 0.1) is 0 Å². The summed E-state index contributed by atoms with van der Waals surface area (Å²) in [5.41, 5.74) is 3.19. The Bertz CT molecular complexity index is 952. The molecule has 0 saturated heterocycles. The summed E-state index contributed by atoms with van der Waals surface area (Å²) < 4.78 is 3.98. The van der Waals surface area contributed by atoms with Crippen LogP contribution in [0.3, 0.4) is 0 Å². The monoisotopic (exact) mass is 597 g/mol. The molecule has 0 aliphatic rings. The van der Waals surface area contributed by atoms with Crippen molar-refractivity contribution in [3.8, 4) is 0 Å². The largest absolute Gasteiger partial charge is 0.265 e. The molecule has 2 aromatic heterocycles. The molecule has 2 heterocycles. The van der Waals surface area contributed by atoms with Crippen molar-refractivity contribution < 1.29 is 19.6 Å². The van der Waals surface area contributed by atoms with E-state index in [1.165, 1.54) is 0 Å². The van der Waals surface area contributed by atoms with Gasteiger partial charge in [0.25, 0.3) is 0 Å². The van der Waals surface area contributed by atoms with Crippen molar-refractivity contribution in [1.82, 2.24) is 9.97 Å². The molecule has 2 aromatic carbocycles. The third kappa shape index (κ3) is 17.7. The molecule has 0 atom stereocenters. The first-order valence-electron chi connectivity index (χ1n) is 11.7. The fourth-order valence-corrected chi connectivity index (χ4v) is 4.61. The molecule has 8 heteroatoms. The molecule has 0 N–H and O–H groups in total. The summed E-state index contributed by atoms with van der Waals surface area (Å²) in [7, 11) is -2.85. The first-order chi connectivity index (χ1) is 17.1. The van der Waals surface area contributed by atoms with Crippen LogP contribution in [-0.2, 0) is 19.6 Å². The zero-order valence-electron chi connectivity index (χ0n) is 22.1. The van der Waals surface area contributed by atoms with Crippen LogP contribution in [0.15, 0.2) is 119 Å². The maximum Gasteiger partial charge on any atom is 0.0267 e. The maximum absolute atomic E-state index is 4.84. The zero-order valence-corrected chi connectivity index (χ0v) is 26.1. The van der Waals surface area contributed by atoms with Gasteiger partial charge in [-0.05, 0) is 40.7 Å². The van der Waals surface area contributed by atoms with E-state index in [4.69, 9.17) is 9.96 Å². The van der Waals surface area contributed by atoms with Gasteiger partial charge in [-0.1, -0.05) is 75.7 Å². The van der Waals surface area contributed by atoms with Crippen molar-refractivity contribution in [1.29, 1.82) is 0 Å². The fourth-order valence-electron chi connectivity index (χ4n) is 2.49. The van der Waals surface area contributed by atoms with E-state index in [1.807, 2.05) is 78.9 Å². The Kier molecular flexibility index (Phi) is 15.3. The summed E-state index contributed by atoms with van der Waals surface area (Å²) in [5, 5.41) is 0. The van der Waals surface area contributed by atoms with Crippen LogP contribution < -0.4 is 0 Å². The summed E-state index contributed by atoms with van der Waals surface area (Å²) in [5.74, 6) is 0. The Morgan fingerprint density at radius 2 is 0.861 bits per heavy atom. The average Bonchev–Trinajstić information content (AvgIpc) is 2.87. The minimum atomic E-state index is -1.42. The topological polar surface area (TPSA) is 66.3 Å². The Morgan fingerprint density at radius 3 is 1.08 bits per heavy atom. The Hall–Kier alpha value is -2.74. The van der Waals surface area contributed by atoms with Crippen LogP contribution >= 0.6 is 0 Å². The van der Waals surface area contributed by atoms with Gasteiger partial charge in [-0.3, -0.25) is 9.97 Å². The normalized spacial score (nSPS) is 10.1. The van der Waals surface area contributed by atoms with Crippen molar-refractivity contribution in [2.45, 2.75) is 39.3 Å². The minimum absolute atomic E-state index is 1.04. The smallest absolute Gasteiger partial charge is 0.0267 e. The second kappa shape index (κ2) is 17.7. The van der Waals surface area contributed by atoms with Gasteiger partial charge in [-0.2, -0.15) is 11.4 Å². The number of benzene rings is 2. The molecule has 0 bridgehead atoms. The van der Waals surface area contributed by atoms with Gasteiger partial charge in [0, 0.05) is 24.8 Å². The van der Waals surface area contributed by atoms with Crippen LogP contribution in [0.25, 0.3) is 9.96 Å². The molecule has 190 valence electrons. The summed E-state index contributed by atoms with van der Waals surface area (Å²) in [6.45, 7) is 13.5. The van der Waals surface area contributed by atoms with E-state index in [0.29, 0.717) is 0 Å². The van der Waals surface area contributed by atoms with E-state index in [9.17, 15) is 0 Å². The molecule has 0 saturated carbocycles. The van der Waals surface area contributed by atoms with E-state index in [-0.39, 0.29) is 0 Å². The fraction of sp³-hybridized carbons (Fsp3) is 0.214. The van der Waals surface area contributed by atoms with Crippen molar-refractivity contribution >= 4 is 33.5 Å². The molecule has 0 amide bonds. The van der Waals surface area contributed by atoms with E-state index < -0.39 is 16.5 Å². The molecule has 0 aliphatic carbocycles. The minimum Gasteiger partial charge on any atom is -0.265 e. The van der Waals surface area contributed by atoms with Gasteiger partial charge >= 0.3 is 59.1 Å². The molecule has 0 unspecified atom stereocenters. The van der Waals surface area contributed by atoms with Gasteiger partial charge in [-0.25, -0.2) is 0 Å². The first-order valence-corrected chi connectivity index (χ1v) is 19.5. The summed E-state index contributed by atoms with van der Waals surface area (Å²) in [6.07, 6.45) is 7.00. The molecule has 36 heavy (non-hydrogen) atoms. The predicted molar refractivity (Wildman–Crippen MR) is 156 cm³/mol. The molecule has 0 aliphatic heterocycles. The summed E-state index contributed by atoms with van der Waals surface area (Å²) in [4.78, 5) is 17.3. The van der Waals surface area contributed by atoms with E-state index >= 15 is 0 Å². The standard InChI is InChI=1S/C12H22N2Si2.C6H5N.2C5H5N.Mo/c1-15(2,3)13-11-9-7-8-10-12(11)14-16(4,5)6;7-6-4-2-1-3-5-6;2*1-2-4-6-5-3-1;/h7-10H,1-6H3;1-5H;2*1-5H;/q-2;;;;. The first kappa shape index (κ1) is 31.3. The number of aromatic nitrogens is 2. The third-order valence-corrected chi connectivity index (χ3v) is 6.13. The van der Waals surface area contributed by atoms with Gasteiger partial charge < -0.3 is 9.96 Å². The quantitative estimate of drug-likeness (QED) is 0.216. The third-order valence-electron chi connectivity index (χ3n) is 3.79. The predicted octanol–water partition coefficient (Wildman–Crippen LogP) is 9.58. The van der Waals surface area contributed by atoms with E-state index in [1.54, 1.807) is 44.4 Å². The van der Waals surface area contributed by atoms with Gasteiger partial charge in [0.1, 0.15) is 0 Å². The second-order valence-electron chi connectivity index (χ2n) is 9.53. The van der Waals surface area contributed by atoms with Crippen LogP contribution in [0.2, 0.25) is 39.3 Å². The average molecular weight is 596 g/mol. The Labute approximate surface area is 230 Å². The van der Waals surface area contributed by atoms with Crippen molar-refractivity contribution in [3.63, 3.8) is 0 Å². The van der Waals surface area contributed by atoms with Crippen LogP contribution in [-0.4, -0.2) is 26.4 Å². The number of pyridine rings is 2.